The maximum Gasteiger partial charge on any atom is 0.277 e. The van der Waals surface area contributed by atoms with Crippen LogP contribution in [0.3, 0.4) is 0 Å². The normalized spacial score (nSPS) is 18.1. The Morgan fingerprint density at radius 1 is 1.50 bits per heavy atom. The molecule has 0 aromatic carbocycles. The standard InChI is InChI=1S/C12H14N4O3S3/c17-8(13-3-4-16-9(18)6-22-12(16)20)5-21-11-15-14-10(19-11)7-1-2-7/h7H,1-6H2,(H,13,17). The number of nitrogens with one attached hydrogen (secondary N) is 1. The van der Waals surface area contributed by atoms with Crippen LogP contribution in [-0.4, -0.2) is 55.8 Å². The molecule has 2 heterocycles. The largest absolute Gasteiger partial charge is 0.416 e. The number of aromatic nitrogens is 2. The second-order valence-corrected chi connectivity index (χ2v) is 7.45. The van der Waals surface area contributed by atoms with Gasteiger partial charge in [-0.1, -0.05) is 35.7 Å². The monoisotopic (exact) mass is 358 g/mol. The summed E-state index contributed by atoms with van der Waals surface area (Å²) in [6.07, 6.45) is 2.20. The summed E-state index contributed by atoms with van der Waals surface area (Å²) in [7, 11) is 0. The van der Waals surface area contributed by atoms with Gasteiger partial charge < -0.3 is 9.73 Å². The summed E-state index contributed by atoms with van der Waals surface area (Å²) in [5.74, 6) is 1.54. The zero-order valence-corrected chi connectivity index (χ0v) is 14.1. The number of hydrogen-bond donors (Lipinski definition) is 1. The van der Waals surface area contributed by atoms with Gasteiger partial charge in [0.15, 0.2) is 0 Å². The van der Waals surface area contributed by atoms with E-state index in [0.29, 0.717) is 40.2 Å². The van der Waals surface area contributed by atoms with Crippen LogP contribution >= 0.6 is 35.7 Å². The van der Waals surface area contributed by atoms with Crippen LogP contribution in [0.5, 0.6) is 0 Å². The third kappa shape index (κ3) is 3.99. The van der Waals surface area contributed by atoms with Crippen molar-refractivity contribution in [3.63, 3.8) is 0 Å². The van der Waals surface area contributed by atoms with Crippen molar-refractivity contribution < 1.29 is 14.0 Å². The SMILES string of the molecule is O=C(CSc1nnc(C2CC2)o1)NCCN1C(=O)CSC1=S. The van der Waals surface area contributed by atoms with Gasteiger partial charge in [-0.05, 0) is 12.8 Å². The molecule has 7 nitrogen and oxygen atoms in total. The van der Waals surface area contributed by atoms with Crippen molar-refractivity contribution in [3.05, 3.63) is 5.89 Å². The fraction of sp³-hybridized carbons (Fsp3) is 0.583. The van der Waals surface area contributed by atoms with Gasteiger partial charge in [-0.2, -0.15) is 0 Å². The Hall–Kier alpha value is -1.13. The molecule has 1 aromatic heterocycles. The lowest BCUT2D eigenvalue weighted by molar-refractivity contribution is -0.124. The van der Waals surface area contributed by atoms with Crippen molar-refractivity contribution in [1.82, 2.24) is 20.4 Å². The summed E-state index contributed by atoms with van der Waals surface area (Å²) in [6, 6.07) is 0. The van der Waals surface area contributed by atoms with Crippen molar-refractivity contribution >= 4 is 51.9 Å². The van der Waals surface area contributed by atoms with E-state index in [-0.39, 0.29) is 17.6 Å². The van der Waals surface area contributed by atoms with Crippen molar-refractivity contribution in [1.29, 1.82) is 0 Å². The van der Waals surface area contributed by atoms with Crippen molar-refractivity contribution in [2.75, 3.05) is 24.6 Å². The first-order valence-electron chi connectivity index (χ1n) is 6.83. The molecule has 1 saturated carbocycles. The number of thioether (sulfide) groups is 2. The summed E-state index contributed by atoms with van der Waals surface area (Å²) >= 11 is 7.63. The van der Waals surface area contributed by atoms with Crippen LogP contribution in [0.4, 0.5) is 0 Å². The van der Waals surface area contributed by atoms with Gasteiger partial charge in [0.25, 0.3) is 5.22 Å². The van der Waals surface area contributed by atoms with Crippen molar-refractivity contribution in [2.24, 2.45) is 0 Å². The molecule has 1 N–H and O–H groups in total. The minimum atomic E-state index is -0.138. The average Bonchev–Trinajstić information content (AvgIpc) is 3.17. The van der Waals surface area contributed by atoms with E-state index in [1.54, 1.807) is 0 Å². The molecule has 0 atom stereocenters. The Morgan fingerprint density at radius 3 is 3.00 bits per heavy atom. The molecule has 0 spiro atoms. The zero-order chi connectivity index (χ0) is 15.5. The van der Waals surface area contributed by atoms with Crippen molar-refractivity contribution in [2.45, 2.75) is 24.0 Å². The van der Waals surface area contributed by atoms with Crippen LogP contribution in [0, 0.1) is 0 Å². The highest BCUT2D eigenvalue weighted by Gasteiger charge is 2.29. The molecule has 118 valence electrons. The summed E-state index contributed by atoms with van der Waals surface area (Å²) in [4.78, 5) is 24.8. The highest BCUT2D eigenvalue weighted by molar-refractivity contribution is 8.23. The summed E-state index contributed by atoms with van der Waals surface area (Å²) in [5, 5.41) is 11.0. The van der Waals surface area contributed by atoms with Gasteiger partial charge in [-0.15, -0.1) is 10.2 Å². The van der Waals surface area contributed by atoms with Crippen LogP contribution in [0.1, 0.15) is 24.7 Å². The van der Waals surface area contributed by atoms with Gasteiger partial charge in [0.1, 0.15) is 4.32 Å². The molecule has 1 saturated heterocycles. The minimum Gasteiger partial charge on any atom is -0.416 e. The van der Waals surface area contributed by atoms with E-state index < -0.39 is 0 Å². The van der Waals surface area contributed by atoms with E-state index in [1.807, 2.05) is 0 Å². The lowest BCUT2D eigenvalue weighted by Crippen LogP contribution is -2.37. The number of carbonyl (C=O) groups is 2. The number of thiocarbonyl (C=S) groups is 1. The predicted molar refractivity (Wildman–Crippen MR) is 86.8 cm³/mol. The molecule has 10 heteroatoms. The molecule has 0 bridgehead atoms. The van der Waals surface area contributed by atoms with Crippen LogP contribution in [0.15, 0.2) is 9.64 Å². The Labute approximate surface area is 141 Å². The molecule has 0 unspecified atom stereocenters. The van der Waals surface area contributed by atoms with Crippen LogP contribution < -0.4 is 5.32 Å². The lowest BCUT2D eigenvalue weighted by Gasteiger charge is -2.14. The number of nitrogens with zero attached hydrogens (tertiary/aromatic N) is 3. The zero-order valence-electron chi connectivity index (χ0n) is 11.6. The molecule has 0 radical (unpaired) electrons. The van der Waals surface area contributed by atoms with E-state index >= 15 is 0 Å². The van der Waals surface area contributed by atoms with Gasteiger partial charge in [0.2, 0.25) is 17.7 Å². The summed E-state index contributed by atoms with van der Waals surface area (Å²) in [6.45, 7) is 0.788. The Kier molecular flexibility index (Phi) is 4.99. The first-order chi connectivity index (χ1) is 10.6. The molecule has 2 amide bonds. The molecule has 22 heavy (non-hydrogen) atoms. The lowest BCUT2D eigenvalue weighted by atomic mass is 10.4. The van der Waals surface area contributed by atoms with Crippen molar-refractivity contribution in [3.8, 4) is 0 Å². The van der Waals surface area contributed by atoms with Gasteiger partial charge >= 0.3 is 0 Å². The average molecular weight is 358 g/mol. The Bertz CT molecular complexity index is 586. The maximum atomic E-state index is 11.7. The fourth-order valence-electron chi connectivity index (χ4n) is 1.86. The van der Waals surface area contributed by atoms with E-state index in [4.69, 9.17) is 16.6 Å². The number of rotatable bonds is 7. The second-order valence-electron chi connectivity index (χ2n) is 4.92. The first-order valence-corrected chi connectivity index (χ1v) is 9.21. The third-order valence-electron chi connectivity index (χ3n) is 3.17. The summed E-state index contributed by atoms with van der Waals surface area (Å²) < 4.78 is 6.04. The quantitative estimate of drug-likeness (QED) is 0.571. The van der Waals surface area contributed by atoms with E-state index in [1.165, 1.54) is 28.4 Å². The summed E-state index contributed by atoms with van der Waals surface area (Å²) in [5.41, 5.74) is 0. The molecule has 1 aliphatic carbocycles. The molecule has 1 aromatic rings. The Morgan fingerprint density at radius 2 is 2.32 bits per heavy atom. The van der Waals surface area contributed by atoms with Gasteiger partial charge in [0.05, 0.1) is 11.5 Å². The third-order valence-corrected chi connectivity index (χ3v) is 5.42. The van der Waals surface area contributed by atoms with E-state index in [0.717, 1.165) is 12.8 Å². The van der Waals surface area contributed by atoms with Crippen LogP contribution in [0.2, 0.25) is 0 Å². The van der Waals surface area contributed by atoms with E-state index in [9.17, 15) is 9.59 Å². The van der Waals surface area contributed by atoms with E-state index in [2.05, 4.69) is 15.5 Å². The topological polar surface area (TPSA) is 88.3 Å². The maximum absolute atomic E-state index is 11.7. The second kappa shape index (κ2) is 6.97. The smallest absolute Gasteiger partial charge is 0.277 e. The molecule has 2 aliphatic rings. The molecular weight excluding hydrogens is 344 g/mol. The number of carbonyl (C=O) groups excluding carboxylic acids is 2. The number of amides is 2. The first kappa shape index (κ1) is 15.8. The number of hydrogen-bond acceptors (Lipinski definition) is 8. The van der Waals surface area contributed by atoms with Gasteiger partial charge in [-0.25, -0.2) is 0 Å². The van der Waals surface area contributed by atoms with Crippen LogP contribution in [0.25, 0.3) is 0 Å². The fourth-order valence-corrected chi connectivity index (χ4v) is 3.58. The molecule has 1 aliphatic heterocycles. The molecule has 3 rings (SSSR count). The van der Waals surface area contributed by atoms with Gasteiger partial charge in [0, 0.05) is 19.0 Å². The highest BCUT2D eigenvalue weighted by Crippen LogP contribution is 2.39. The molecule has 2 fully saturated rings. The molecular formula is C12H14N4O3S3. The van der Waals surface area contributed by atoms with Crippen LogP contribution in [-0.2, 0) is 9.59 Å². The predicted octanol–water partition coefficient (Wildman–Crippen LogP) is 1.02. The van der Waals surface area contributed by atoms with Gasteiger partial charge in [-0.3, -0.25) is 14.5 Å². The highest BCUT2D eigenvalue weighted by atomic mass is 32.2. The Balaban J connectivity index is 1.35. The minimum absolute atomic E-state index is 0.00270.